The summed E-state index contributed by atoms with van der Waals surface area (Å²) in [5, 5.41) is 29.2. The van der Waals surface area contributed by atoms with Gasteiger partial charge < -0.3 is 46.9 Å². The van der Waals surface area contributed by atoms with Gasteiger partial charge in [-0.25, -0.2) is 14.8 Å². The fraction of sp³-hybridized carbons (Fsp3) is 0.593. The van der Waals surface area contributed by atoms with Crippen molar-refractivity contribution in [1.82, 2.24) is 25.3 Å². The van der Waals surface area contributed by atoms with Gasteiger partial charge in [0.25, 0.3) is 5.91 Å². The van der Waals surface area contributed by atoms with Crippen LogP contribution in [0.25, 0.3) is 0 Å². The third-order valence-electron chi connectivity index (χ3n) is 9.15. The van der Waals surface area contributed by atoms with E-state index in [0.29, 0.717) is 12.4 Å². The Labute approximate surface area is 242 Å². The molecule has 0 saturated carbocycles. The van der Waals surface area contributed by atoms with Crippen LogP contribution in [-0.4, -0.2) is 117 Å². The third kappa shape index (κ3) is 3.82. The monoisotopic (exact) mass is 583 g/mol. The number of nitrogens with two attached hydrogens (primary N) is 2. The molecule has 1 aromatic carbocycles. The number of imide groups is 1. The molecule has 4 atom stereocenters. The minimum Gasteiger partial charge on any atom is -0.492 e. The molecular weight excluding hydrogens is 546 g/mol. The number of carbonyl (C=O) groups excluding carboxylic acids is 3. The Morgan fingerprint density at radius 1 is 1.24 bits per heavy atom. The van der Waals surface area contributed by atoms with Crippen LogP contribution in [0.1, 0.15) is 50.0 Å². The van der Waals surface area contributed by atoms with E-state index in [1.54, 1.807) is 26.0 Å². The molecule has 5 heterocycles. The first kappa shape index (κ1) is 28.0. The van der Waals surface area contributed by atoms with Crippen LogP contribution in [0.2, 0.25) is 0 Å². The van der Waals surface area contributed by atoms with E-state index in [9.17, 15) is 24.6 Å². The van der Waals surface area contributed by atoms with Crippen LogP contribution in [-0.2, 0) is 10.2 Å². The Morgan fingerprint density at radius 3 is 2.67 bits per heavy atom. The summed E-state index contributed by atoms with van der Waals surface area (Å²) in [4.78, 5) is 52.2. The number of guanidine groups is 2. The zero-order valence-electron chi connectivity index (χ0n) is 24.0. The second-order valence-electron chi connectivity index (χ2n) is 12.4. The molecule has 226 valence electrons. The Bertz CT molecular complexity index is 1420. The lowest BCUT2D eigenvalue weighted by atomic mass is 9.79. The molecule has 0 bridgehead atoms. The molecule has 8 N–H and O–H groups in total. The van der Waals surface area contributed by atoms with Crippen molar-refractivity contribution in [2.45, 2.75) is 75.1 Å². The predicted octanol–water partition coefficient (Wildman–Crippen LogP) is -1.81. The number of nitrogens with one attached hydrogen (secondary N) is 2. The summed E-state index contributed by atoms with van der Waals surface area (Å²) in [5.74, 6) is -3.36. The van der Waals surface area contributed by atoms with Crippen LogP contribution < -0.4 is 26.8 Å². The second kappa shape index (κ2) is 9.19. The molecule has 42 heavy (non-hydrogen) atoms. The topological polar surface area (TPSA) is 211 Å². The number of amides is 4. The average Bonchev–Trinajstić information content (AvgIpc) is 3.49. The standard InChI is InChI=1S/C27H37N9O6/c1-13(2)34-12-18(37)35(24(34)39)10-16-20-26(33-22(28)32-20)27(40,41)17(11-36(26)23(29)30-16)31-21(38)14-6-5-7-15-19(14)42-9-8-25(15,3)4/h5-7,13,16-17,20,40-41H,8-12H2,1-4H3,(H2,29,30)(H,31,38)(H3,28,32,33). The molecule has 1 aromatic rings. The zero-order chi connectivity index (χ0) is 30.4. The van der Waals surface area contributed by atoms with Crippen LogP contribution in [0.5, 0.6) is 5.75 Å². The Morgan fingerprint density at radius 2 is 1.98 bits per heavy atom. The number of carbonyl (C=O) groups is 3. The summed E-state index contributed by atoms with van der Waals surface area (Å²) >= 11 is 0. The normalized spacial score (nSPS) is 30.7. The Balaban J connectivity index is 1.30. The molecule has 15 heteroatoms. The zero-order valence-corrected chi connectivity index (χ0v) is 24.0. The van der Waals surface area contributed by atoms with Gasteiger partial charge in [-0.2, -0.15) is 0 Å². The Hall–Kier alpha value is -4.11. The van der Waals surface area contributed by atoms with E-state index in [4.69, 9.17) is 16.2 Å². The number of hydrogen-bond acceptors (Lipinski definition) is 12. The third-order valence-corrected chi connectivity index (χ3v) is 9.15. The highest BCUT2D eigenvalue weighted by Gasteiger charge is 2.73. The number of para-hydroxylation sites is 1. The van der Waals surface area contributed by atoms with Gasteiger partial charge in [0, 0.05) is 18.2 Å². The number of ether oxygens (including phenoxy) is 1. The molecule has 2 fully saturated rings. The van der Waals surface area contributed by atoms with Crippen LogP contribution in [0.3, 0.4) is 0 Å². The largest absolute Gasteiger partial charge is 0.492 e. The van der Waals surface area contributed by atoms with Crippen molar-refractivity contribution in [2.24, 2.45) is 21.5 Å². The number of aliphatic imine (C=N–C) groups is 2. The van der Waals surface area contributed by atoms with E-state index < -0.39 is 47.4 Å². The van der Waals surface area contributed by atoms with Gasteiger partial charge >= 0.3 is 6.03 Å². The van der Waals surface area contributed by atoms with Gasteiger partial charge in [0.2, 0.25) is 11.7 Å². The smallest absolute Gasteiger partial charge is 0.327 e. The number of fused-ring (bicyclic) bond motifs is 1. The number of aliphatic hydroxyl groups is 2. The van der Waals surface area contributed by atoms with E-state index in [0.717, 1.165) is 16.9 Å². The molecule has 0 aromatic heterocycles. The summed E-state index contributed by atoms with van der Waals surface area (Å²) in [7, 11) is 0. The van der Waals surface area contributed by atoms with Crippen molar-refractivity contribution in [2.75, 3.05) is 26.2 Å². The fourth-order valence-corrected chi connectivity index (χ4v) is 6.75. The van der Waals surface area contributed by atoms with E-state index in [1.807, 2.05) is 6.07 Å². The first-order valence-electron chi connectivity index (χ1n) is 14.0. The first-order chi connectivity index (χ1) is 19.7. The van der Waals surface area contributed by atoms with Crippen molar-refractivity contribution < 1.29 is 29.3 Å². The van der Waals surface area contributed by atoms with E-state index in [1.165, 1.54) is 9.80 Å². The van der Waals surface area contributed by atoms with Crippen molar-refractivity contribution in [3.63, 3.8) is 0 Å². The van der Waals surface area contributed by atoms with Crippen molar-refractivity contribution in [1.29, 1.82) is 0 Å². The molecule has 15 nitrogen and oxygen atoms in total. The van der Waals surface area contributed by atoms with Gasteiger partial charge in [-0.05, 0) is 31.7 Å². The number of benzene rings is 1. The van der Waals surface area contributed by atoms with Gasteiger partial charge in [-0.3, -0.25) is 14.5 Å². The molecule has 1 spiro atoms. The van der Waals surface area contributed by atoms with Gasteiger partial charge in [-0.15, -0.1) is 0 Å². The number of urea groups is 1. The maximum absolute atomic E-state index is 13.6. The lowest BCUT2D eigenvalue weighted by molar-refractivity contribution is -0.230. The molecule has 5 aliphatic rings. The highest BCUT2D eigenvalue weighted by atomic mass is 16.5. The summed E-state index contributed by atoms with van der Waals surface area (Å²) < 4.78 is 5.89. The van der Waals surface area contributed by atoms with Gasteiger partial charge in [0.05, 0.1) is 24.8 Å². The summed E-state index contributed by atoms with van der Waals surface area (Å²) in [6.07, 6.45) is 0.792. The maximum atomic E-state index is 13.6. The van der Waals surface area contributed by atoms with E-state index >= 15 is 0 Å². The highest BCUT2D eigenvalue weighted by Crippen LogP contribution is 2.45. The molecular formula is C27H37N9O6. The second-order valence-corrected chi connectivity index (χ2v) is 12.4. The lowest BCUT2D eigenvalue weighted by Gasteiger charge is -2.49. The summed E-state index contributed by atoms with van der Waals surface area (Å²) in [5.41, 5.74) is 11.6. The fourth-order valence-electron chi connectivity index (χ4n) is 6.75. The first-order valence-corrected chi connectivity index (χ1v) is 14.0. The van der Waals surface area contributed by atoms with Gasteiger partial charge in [0.15, 0.2) is 17.6 Å². The number of nitrogens with zero attached hydrogens (tertiary/aromatic N) is 5. The molecule has 5 aliphatic heterocycles. The maximum Gasteiger partial charge on any atom is 0.327 e. The van der Waals surface area contributed by atoms with Gasteiger partial charge in [-0.1, -0.05) is 26.0 Å². The van der Waals surface area contributed by atoms with Crippen LogP contribution in [0.15, 0.2) is 28.2 Å². The van der Waals surface area contributed by atoms with Gasteiger partial charge in [0.1, 0.15) is 24.4 Å². The van der Waals surface area contributed by atoms with Crippen molar-refractivity contribution in [3.8, 4) is 5.75 Å². The van der Waals surface area contributed by atoms with Crippen LogP contribution in [0, 0.1) is 0 Å². The number of rotatable bonds is 5. The summed E-state index contributed by atoms with van der Waals surface area (Å²) in [6.45, 7) is 7.80. The lowest BCUT2D eigenvalue weighted by Crippen LogP contribution is -2.78. The predicted molar refractivity (Wildman–Crippen MR) is 150 cm³/mol. The molecule has 0 radical (unpaired) electrons. The summed E-state index contributed by atoms with van der Waals surface area (Å²) in [6, 6.07) is 1.37. The molecule has 4 amide bonds. The van der Waals surface area contributed by atoms with Crippen molar-refractivity contribution in [3.05, 3.63) is 29.3 Å². The van der Waals surface area contributed by atoms with Crippen LogP contribution >= 0.6 is 0 Å². The SMILES string of the molecule is CC(C)N1CC(=O)N(CC2N=C(N)N3CC(NC(=O)c4cccc5c4OCCC5(C)C)C(O)(O)C34NC(N)=NC24)C1=O. The van der Waals surface area contributed by atoms with Crippen LogP contribution in [0.4, 0.5) is 4.79 Å². The molecule has 4 unspecified atom stereocenters. The molecule has 0 aliphatic carbocycles. The molecule has 2 saturated heterocycles. The molecule has 6 rings (SSSR count). The Kier molecular flexibility index (Phi) is 6.14. The quantitative estimate of drug-likeness (QED) is 0.169. The number of hydrogen-bond donors (Lipinski definition) is 6. The minimum atomic E-state index is -2.67. The highest BCUT2D eigenvalue weighted by molar-refractivity contribution is 6.02. The van der Waals surface area contributed by atoms with E-state index in [-0.39, 0.29) is 48.6 Å². The minimum absolute atomic E-state index is 0.0733. The van der Waals surface area contributed by atoms with Crippen molar-refractivity contribution >= 4 is 29.8 Å². The average molecular weight is 584 g/mol. The van der Waals surface area contributed by atoms with E-state index in [2.05, 4.69) is 34.5 Å².